The lowest BCUT2D eigenvalue weighted by Crippen LogP contribution is -2.32. The average Bonchev–Trinajstić information content (AvgIpc) is 3.05. The van der Waals surface area contributed by atoms with Crippen molar-refractivity contribution in [1.82, 2.24) is 0 Å². The molecule has 0 bridgehead atoms. The number of anilines is 2. The Hall–Kier alpha value is -3.86. The van der Waals surface area contributed by atoms with E-state index in [1.165, 1.54) is 4.90 Å². The Morgan fingerprint density at radius 1 is 0.824 bits per heavy atom. The topological polar surface area (TPSA) is 58.6 Å². The van der Waals surface area contributed by atoms with E-state index < -0.39 is 0 Å². The summed E-state index contributed by atoms with van der Waals surface area (Å²) in [6.07, 6.45) is 0. The van der Waals surface area contributed by atoms with Crippen LogP contribution in [0.3, 0.4) is 0 Å². The summed E-state index contributed by atoms with van der Waals surface area (Å²) in [5.74, 6) is 0.0268. The Bertz CT molecular complexity index is 1230. The molecule has 0 aromatic heterocycles. The summed E-state index contributed by atoms with van der Waals surface area (Å²) < 4.78 is 5.51. The van der Waals surface area contributed by atoms with Gasteiger partial charge in [-0.15, -0.1) is 0 Å². The van der Waals surface area contributed by atoms with Crippen LogP contribution in [-0.2, 0) is 15.0 Å². The van der Waals surface area contributed by atoms with Crippen LogP contribution in [0, 0.1) is 6.92 Å². The maximum atomic E-state index is 13.6. The molecule has 0 saturated carbocycles. The van der Waals surface area contributed by atoms with E-state index in [-0.39, 0.29) is 22.9 Å². The largest absolute Gasteiger partial charge is 0.494 e. The smallest absolute Gasteiger partial charge is 0.282 e. The summed E-state index contributed by atoms with van der Waals surface area (Å²) in [6.45, 7) is 10.9. The predicted octanol–water partition coefficient (Wildman–Crippen LogP) is 6.09. The lowest BCUT2D eigenvalue weighted by atomic mass is 9.87. The Kier molecular flexibility index (Phi) is 6.29. The monoisotopic (exact) mass is 454 g/mol. The van der Waals surface area contributed by atoms with Crippen LogP contribution in [0.4, 0.5) is 11.4 Å². The molecule has 3 aromatic carbocycles. The van der Waals surface area contributed by atoms with Gasteiger partial charge in [0.05, 0.1) is 17.9 Å². The number of carbonyl (C=O) groups excluding carboxylic acids is 2. The summed E-state index contributed by atoms with van der Waals surface area (Å²) in [6, 6.07) is 22.6. The number of imide groups is 1. The quantitative estimate of drug-likeness (QED) is 0.458. The minimum atomic E-state index is -0.377. The fourth-order valence-corrected chi connectivity index (χ4v) is 3.92. The van der Waals surface area contributed by atoms with Gasteiger partial charge in [-0.1, -0.05) is 62.7 Å². The normalized spacial score (nSPS) is 14.1. The van der Waals surface area contributed by atoms with Gasteiger partial charge in [-0.05, 0) is 66.8 Å². The molecule has 0 fully saturated rings. The second-order valence-electron chi connectivity index (χ2n) is 9.44. The number of carbonyl (C=O) groups is 2. The highest BCUT2D eigenvalue weighted by Crippen LogP contribution is 2.35. The van der Waals surface area contributed by atoms with E-state index in [2.05, 4.69) is 26.1 Å². The molecule has 0 saturated heterocycles. The van der Waals surface area contributed by atoms with Gasteiger partial charge in [0.15, 0.2) is 0 Å². The number of aryl methyl sites for hydroxylation is 1. The fraction of sp³-hybridized carbons (Fsp3) is 0.241. The van der Waals surface area contributed by atoms with Crippen molar-refractivity contribution in [2.24, 2.45) is 0 Å². The van der Waals surface area contributed by atoms with Gasteiger partial charge in [0.1, 0.15) is 11.4 Å². The standard InChI is InChI=1S/C29H30N2O3/c1-6-34-24-17-13-22(14-18-24)30-26-25(20-9-7-19(2)8-10-20)27(32)31(28(26)33)23-15-11-21(12-16-23)29(3,4)5/h7-18,30H,6H2,1-5H3. The summed E-state index contributed by atoms with van der Waals surface area (Å²) in [5.41, 5.74) is 4.77. The number of nitrogens with one attached hydrogen (secondary N) is 1. The number of hydrogen-bond donors (Lipinski definition) is 1. The first-order chi connectivity index (χ1) is 16.2. The van der Waals surface area contributed by atoms with Gasteiger partial charge in [-0.25, -0.2) is 4.90 Å². The average molecular weight is 455 g/mol. The minimum Gasteiger partial charge on any atom is -0.494 e. The lowest BCUT2D eigenvalue weighted by molar-refractivity contribution is -0.120. The van der Waals surface area contributed by atoms with E-state index in [0.717, 1.165) is 16.9 Å². The SMILES string of the molecule is CCOc1ccc(NC2=C(c3ccc(C)cc3)C(=O)N(c3ccc(C(C)(C)C)cc3)C2=O)cc1. The highest BCUT2D eigenvalue weighted by molar-refractivity contribution is 6.46. The Morgan fingerprint density at radius 2 is 1.44 bits per heavy atom. The van der Waals surface area contributed by atoms with Crippen LogP contribution >= 0.6 is 0 Å². The predicted molar refractivity (Wildman–Crippen MR) is 137 cm³/mol. The summed E-state index contributed by atoms with van der Waals surface area (Å²) in [5, 5.41) is 3.20. The van der Waals surface area contributed by atoms with Crippen molar-refractivity contribution in [1.29, 1.82) is 0 Å². The first-order valence-corrected chi connectivity index (χ1v) is 11.5. The number of benzene rings is 3. The van der Waals surface area contributed by atoms with Crippen molar-refractivity contribution in [2.45, 2.75) is 40.0 Å². The molecule has 1 aliphatic rings. The van der Waals surface area contributed by atoms with Crippen molar-refractivity contribution in [3.05, 3.63) is 95.2 Å². The fourth-order valence-electron chi connectivity index (χ4n) is 3.92. The molecule has 174 valence electrons. The maximum Gasteiger partial charge on any atom is 0.282 e. The van der Waals surface area contributed by atoms with Gasteiger partial charge < -0.3 is 10.1 Å². The molecular formula is C29H30N2O3. The molecule has 4 rings (SSSR count). The van der Waals surface area contributed by atoms with Crippen molar-refractivity contribution in [2.75, 3.05) is 16.8 Å². The van der Waals surface area contributed by atoms with Crippen molar-refractivity contribution in [3.8, 4) is 5.75 Å². The molecule has 0 radical (unpaired) electrons. The summed E-state index contributed by atoms with van der Waals surface area (Å²) in [7, 11) is 0. The van der Waals surface area contributed by atoms with Crippen molar-refractivity contribution >= 4 is 28.8 Å². The highest BCUT2D eigenvalue weighted by Gasteiger charge is 2.40. The van der Waals surface area contributed by atoms with Crippen molar-refractivity contribution in [3.63, 3.8) is 0 Å². The first kappa shape index (κ1) is 23.3. The zero-order valence-corrected chi connectivity index (χ0v) is 20.3. The third kappa shape index (κ3) is 4.60. The maximum absolute atomic E-state index is 13.6. The number of amides is 2. The number of hydrogen-bond acceptors (Lipinski definition) is 4. The third-order valence-corrected chi connectivity index (χ3v) is 5.85. The molecule has 3 aromatic rings. The van der Waals surface area contributed by atoms with Gasteiger partial charge >= 0.3 is 0 Å². The van der Waals surface area contributed by atoms with Gasteiger partial charge in [0, 0.05) is 5.69 Å². The molecular weight excluding hydrogens is 424 g/mol. The van der Waals surface area contributed by atoms with Gasteiger partial charge in [-0.2, -0.15) is 0 Å². The van der Waals surface area contributed by atoms with E-state index >= 15 is 0 Å². The molecule has 0 aliphatic carbocycles. The van der Waals surface area contributed by atoms with Gasteiger partial charge in [-0.3, -0.25) is 9.59 Å². The van der Waals surface area contributed by atoms with Gasteiger partial charge in [0.2, 0.25) is 0 Å². The number of ether oxygens (including phenoxy) is 1. The van der Waals surface area contributed by atoms with E-state index in [1.54, 1.807) is 0 Å². The second-order valence-corrected chi connectivity index (χ2v) is 9.44. The van der Waals surface area contributed by atoms with Gasteiger partial charge in [0.25, 0.3) is 11.8 Å². The van der Waals surface area contributed by atoms with Crippen LogP contribution in [0.1, 0.15) is 44.4 Å². The van der Waals surface area contributed by atoms with Crippen LogP contribution < -0.4 is 15.0 Å². The highest BCUT2D eigenvalue weighted by atomic mass is 16.5. The molecule has 2 amide bonds. The molecule has 0 unspecified atom stereocenters. The Labute approximate surface area is 201 Å². The second kappa shape index (κ2) is 9.18. The summed E-state index contributed by atoms with van der Waals surface area (Å²) >= 11 is 0. The van der Waals surface area contributed by atoms with Crippen LogP contribution in [0.15, 0.2) is 78.5 Å². The zero-order valence-electron chi connectivity index (χ0n) is 20.3. The molecule has 1 heterocycles. The third-order valence-electron chi connectivity index (χ3n) is 5.85. The first-order valence-electron chi connectivity index (χ1n) is 11.5. The molecule has 34 heavy (non-hydrogen) atoms. The van der Waals surface area contributed by atoms with Crippen molar-refractivity contribution < 1.29 is 14.3 Å². The van der Waals surface area contributed by atoms with Crippen LogP contribution in [0.25, 0.3) is 5.57 Å². The molecule has 1 aliphatic heterocycles. The Morgan fingerprint density at radius 3 is 2.00 bits per heavy atom. The van der Waals surface area contributed by atoms with Crippen LogP contribution in [0.2, 0.25) is 0 Å². The Balaban J connectivity index is 1.73. The molecule has 1 N–H and O–H groups in total. The number of rotatable bonds is 6. The molecule has 0 atom stereocenters. The number of nitrogens with zero attached hydrogens (tertiary/aromatic N) is 1. The van der Waals surface area contributed by atoms with E-state index in [9.17, 15) is 9.59 Å². The lowest BCUT2D eigenvalue weighted by Gasteiger charge is -2.21. The van der Waals surface area contributed by atoms with E-state index in [1.807, 2.05) is 86.6 Å². The molecule has 5 nitrogen and oxygen atoms in total. The molecule has 0 spiro atoms. The van der Waals surface area contributed by atoms with E-state index in [0.29, 0.717) is 29.1 Å². The molecule has 5 heteroatoms. The summed E-state index contributed by atoms with van der Waals surface area (Å²) in [4.78, 5) is 28.4. The van der Waals surface area contributed by atoms with Crippen LogP contribution in [-0.4, -0.2) is 18.4 Å². The van der Waals surface area contributed by atoms with E-state index in [4.69, 9.17) is 4.74 Å². The minimum absolute atomic E-state index is 0.0246. The van der Waals surface area contributed by atoms with Crippen LogP contribution in [0.5, 0.6) is 5.75 Å². The zero-order chi connectivity index (χ0) is 24.5.